The van der Waals surface area contributed by atoms with Crippen LogP contribution >= 0.6 is 0 Å². The van der Waals surface area contributed by atoms with Gasteiger partial charge in [-0.05, 0) is 46.6 Å². The molecule has 2 aliphatic rings. The molecule has 2 aliphatic heterocycles. The lowest BCUT2D eigenvalue weighted by atomic mass is 9.85. The number of halogens is 3. The Morgan fingerprint density at radius 2 is 1.92 bits per heavy atom. The van der Waals surface area contributed by atoms with Crippen molar-refractivity contribution in [1.82, 2.24) is 15.5 Å². The molecule has 2 fully saturated rings. The van der Waals surface area contributed by atoms with Crippen LogP contribution in [0.15, 0.2) is 0 Å². The summed E-state index contributed by atoms with van der Waals surface area (Å²) in [6.45, 7) is 6.75. The average Bonchev–Trinajstić information content (AvgIpc) is 2.93. The number of nitrogens with one attached hydrogen (secondary N) is 2. The second-order valence-electron chi connectivity index (χ2n) is 7.83. The Kier molecular flexibility index (Phi) is 5.69. The van der Waals surface area contributed by atoms with Gasteiger partial charge in [-0.3, -0.25) is 0 Å². The highest BCUT2D eigenvalue weighted by molar-refractivity contribution is 5.68. The number of likely N-dealkylation sites (tertiary alicyclic amines) is 1. The van der Waals surface area contributed by atoms with Crippen molar-refractivity contribution in [3.63, 3.8) is 0 Å². The molecular formula is C16H28F3N3O2. The molecule has 0 saturated carbocycles. The van der Waals surface area contributed by atoms with E-state index in [-0.39, 0.29) is 31.6 Å². The Morgan fingerprint density at radius 3 is 2.38 bits per heavy atom. The van der Waals surface area contributed by atoms with E-state index in [9.17, 15) is 18.0 Å². The van der Waals surface area contributed by atoms with E-state index in [1.807, 2.05) is 20.8 Å². The van der Waals surface area contributed by atoms with Crippen molar-refractivity contribution in [2.45, 2.75) is 57.9 Å². The van der Waals surface area contributed by atoms with Crippen molar-refractivity contribution in [1.29, 1.82) is 0 Å². The highest BCUT2D eigenvalue weighted by atomic mass is 19.4. The van der Waals surface area contributed by atoms with Crippen molar-refractivity contribution >= 4 is 6.09 Å². The maximum Gasteiger partial charge on any atom is 0.410 e. The molecule has 140 valence electrons. The number of piperidine rings is 1. The van der Waals surface area contributed by atoms with Gasteiger partial charge in [-0.2, -0.15) is 13.2 Å². The van der Waals surface area contributed by atoms with Gasteiger partial charge in [-0.1, -0.05) is 0 Å². The summed E-state index contributed by atoms with van der Waals surface area (Å²) in [6, 6.07) is 0.00325. The second-order valence-corrected chi connectivity index (χ2v) is 7.83. The van der Waals surface area contributed by atoms with Crippen LogP contribution in [0.4, 0.5) is 18.0 Å². The van der Waals surface area contributed by atoms with Crippen LogP contribution in [0, 0.1) is 5.41 Å². The van der Waals surface area contributed by atoms with E-state index >= 15 is 0 Å². The van der Waals surface area contributed by atoms with Crippen LogP contribution in [0.3, 0.4) is 0 Å². The maximum absolute atomic E-state index is 13.3. The molecule has 1 atom stereocenters. The van der Waals surface area contributed by atoms with Crippen molar-refractivity contribution < 1.29 is 22.7 Å². The Hall–Kier alpha value is -1.02. The Bertz CT molecular complexity index is 435. The summed E-state index contributed by atoms with van der Waals surface area (Å²) < 4.78 is 45.4. The molecule has 2 heterocycles. The molecule has 1 unspecified atom stereocenters. The molecule has 5 nitrogen and oxygen atoms in total. The lowest BCUT2D eigenvalue weighted by Gasteiger charge is -2.36. The first-order valence-electron chi connectivity index (χ1n) is 8.51. The number of amides is 1. The van der Waals surface area contributed by atoms with Crippen LogP contribution < -0.4 is 10.6 Å². The van der Waals surface area contributed by atoms with Crippen molar-refractivity contribution in [2.24, 2.45) is 5.41 Å². The van der Waals surface area contributed by atoms with Crippen LogP contribution in [0.5, 0.6) is 0 Å². The third-order valence-electron chi connectivity index (χ3n) is 4.72. The van der Waals surface area contributed by atoms with Crippen molar-refractivity contribution in [3.05, 3.63) is 0 Å². The minimum atomic E-state index is -4.21. The molecule has 0 aromatic carbocycles. The Labute approximate surface area is 141 Å². The maximum atomic E-state index is 13.3. The van der Waals surface area contributed by atoms with Crippen LogP contribution in [0.1, 0.15) is 40.0 Å². The van der Waals surface area contributed by atoms with Gasteiger partial charge in [0.2, 0.25) is 0 Å². The van der Waals surface area contributed by atoms with Crippen LogP contribution in [0.25, 0.3) is 0 Å². The third-order valence-corrected chi connectivity index (χ3v) is 4.72. The number of hydrogen-bond donors (Lipinski definition) is 2. The largest absolute Gasteiger partial charge is 0.444 e. The smallest absolute Gasteiger partial charge is 0.410 e. The van der Waals surface area contributed by atoms with Gasteiger partial charge in [0.05, 0.1) is 5.41 Å². The Balaban J connectivity index is 1.80. The first-order chi connectivity index (χ1) is 11.0. The zero-order valence-corrected chi connectivity index (χ0v) is 14.6. The van der Waals surface area contributed by atoms with E-state index in [1.165, 1.54) is 0 Å². The fraction of sp³-hybridized carbons (Fsp3) is 0.938. The molecule has 0 radical (unpaired) electrons. The first-order valence-corrected chi connectivity index (χ1v) is 8.51. The molecule has 0 spiro atoms. The first kappa shape index (κ1) is 19.3. The van der Waals surface area contributed by atoms with E-state index in [0.717, 1.165) is 0 Å². The average molecular weight is 351 g/mol. The van der Waals surface area contributed by atoms with Crippen LogP contribution in [-0.4, -0.2) is 61.5 Å². The fourth-order valence-electron chi connectivity index (χ4n) is 3.17. The van der Waals surface area contributed by atoms with E-state index in [1.54, 1.807) is 4.90 Å². The molecule has 1 amide bonds. The summed E-state index contributed by atoms with van der Waals surface area (Å²) >= 11 is 0. The molecule has 0 aliphatic carbocycles. The van der Waals surface area contributed by atoms with Gasteiger partial charge >= 0.3 is 12.3 Å². The molecule has 0 bridgehead atoms. The molecule has 2 rings (SSSR count). The number of rotatable bonds is 3. The second kappa shape index (κ2) is 7.07. The van der Waals surface area contributed by atoms with E-state index in [2.05, 4.69) is 10.6 Å². The van der Waals surface area contributed by atoms with Gasteiger partial charge in [0.15, 0.2) is 0 Å². The van der Waals surface area contributed by atoms with Gasteiger partial charge in [0, 0.05) is 32.2 Å². The number of nitrogens with zero attached hydrogens (tertiary/aromatic N) is 1. The monoisotopic (exact) mass is 351 g/mol. The van der Waals surface area contributed by atoms with Gasteiger partial charge in [-0.15, -0.1) is 0 Å². The molecular weight excluding hydrogens is 323 g/mol. The number of ether oxygens (including phenoxy) is 1. The van der Waals surface area contributed by atoms with Gasteiger partial charge < -0.3 is 20.3 Å². The van der Waals surface area contributed by atoms with E-state index in [4.69, 9.17) is 4.74 Å². The predicted molar refractivity (Wildman–Crippen MR) is 84.8 cm³/mol. The Morgan fingerprint density at radius 1 is 1.29 bits per heavy atom. The zero-order valence-electron chi connectivity index (χ0n) is 14.6. The summed E-state index contributed by atoms with van der Waals surface area (Å²) in [6.07, 6.45) is -3.17. The van der Waals surface area contributed by atoms with Gasteiger partial charge in [0.25, 0.3) is 0 Å². The normalized spacial score (nSPS) is 26.7. The number of carbonyl (C=O) groups excluding carboxylic acids is 1. The molecule has 8 heteroatoms. The summed E-state index contributed by atoms with van der Waals surface area (Å²) in [5.41, 5.74) is -2.21. The molecule has 2 N–H and O–H groups in total. The molecule has 0 aromatic heterocycles. The summed E-state index contributed by atoms with van der Waals surface area (Å²) in [4.78, 5) is 13.6. The summed E-state index contributed by atoms with van der Waals surface area (Å²) in [7, 11) is 0. The summed E-state index contributed by atoms with van der Waals surface area (Å²) in [5, 5.41) is 5.90. The SMILES string of the molecule is CC(C)(C)OC(=O)N1CCC(NCC2(C(F)(F)F)CCNC2)CC1. The molecule has 24 heavy (non-hydrogen) atoms. The minimum absolute atomic E-state index is 0.00325. The minimum Gasteiger partial charge on any atom is -0.444 e. The third kappa shape index (κ3) is 4.75. The van der Waals surface area contributed by atoms with Crippen LogP contribution in [-0.2, 0) is 4.74 Å². The number of hydrogen-bond acceptors (Lipinski definition) is 4. The highest BCUT2D eigenvalue weighted by Gasteiger charge is 2.55. The van der Waals surface area contributed by atoms with Gasteiger partial charge in [-0.25, -0.2) is 4.79 Å². The number of carbonyl (C=O) groups is 1. The lowest BCUT2D eigenvalue weighted by molar-refractivity contribution is -0.215. The number of alkyl halides is 3. The van der Waals surface area contributed by atoms with E-state index in [0.29, 0.717) is 32.5 Å². The van der Waals surface area contributed by atoms with E-state index < -0.39 is 17.2 Å². The zero-order chi connectivity index (χ0) is 18.0. The summed E-state index contributed by atoms with van der Waals surface area (Å²) in [5.74, 6) is 0. The van der Waals surface area contributed by atoms with Crippen LogP contribution in [0.2, 0.25) is 0 Å². The lowest BCUT2D eigenvalue weighted by Crippen LogP contribution is -2.52. The topological polar surface area (TPSA) is 53.6 Å². The molecule has 2 saturated heterocycles. The standard InChI is InChI=1S/C16H28F3N3O2/c1-14(2,3)24-13(23)22-8-4-12(5-9-22)21-11-15(16(17,18)19)6-7-20-10-15/h12,20-21H,4-11H2,1-3H3. The van der Waals surface area contributed by atoms with Gasteiger partial charge in [0.1, 0.15) is 5.60 Å². The predicted octanol–water partition coefficient (Wildman–Crippen LogP) is 2.52. The van der Waals surface area contributed by atoms with Crippen molar-refractivity contribution in [2.75, 3.05) is 32.7 Å². The molecule has 0 aromatic rings. The van der Waals surface area contributed by atoms with Crippen molar-refractivity contribution in [3.8, 4) is 0 Å². The fourth-order valence-corrected chi connectivity index (χ4v) is 3.17. The quantitative estimate of drug-likeness (QED) is 0.820. The highest BCUT2D eigenvalue weighted by Crippen LogP contribution is 2.42.